The average Bonchev–Trinajstić information content (AvgIpc) is 3.09. The molecule has 0 saturated carbocycles. The number of aliphatic hydroxyl groups excluding tert-OH is 1. The van der Waals surface area contributed by atoms with Crippen LogP contribution in [0.1, 0.15) is 36.3 Å². The van der Waals surface area contributed by atoms with Gasteiger partial charge in [-0.05, 0) is 36.0 Å². The van der Waals surface area contributed by atoms with E-state index in [0.717, 1.165) is 6.42 Å². The molecule has 1 amide bonds. The molecule has 5 heteroatoms. The molecule has 1 aromatic rings. The Morgan fingerprint density at radius 1 is 1.33 bits per heavy atom. The van der Waals surface area contributed by atoms with Crippen LogP contribution in [-0.4, -0.2) is 50.0 Å². The minimum absolute atomic E-state index is 0.0471. The minimum atomic E-state index is -0.117. The zero-order valence-corrected chi connectivity index (χ0v) is 14.1. The van der Waals surface area contributed by atoms with Gasteiger partial charge in [0.2, 0.25) is 5.91 Å². The number of hydrogen-bond acceptors (Lipinski definition) is 4. The lowest BCUT2D eigenvalue weighted by molar-refractivity contribution is -0.125. The highest BCUT2D eigenvalue weighted by Gasteiger charge is 2.40. The van der Waals surface area contributed by atoms with Crippen molar-refractivity contribution in [1.29, 1.82) is 0 Å². The van der Waals surface area contributed by atoms with E-state index in [1.54, 1.807) is 0 Å². The Balaban J connectivity index is 1.64. The van der Waals surface area contributed by atoms with Gasteiger partial charge in [0, 0.05) is 31.7 Å². The molecule has 1 saturated heterocycles. The van der Waals surface area contributed by atoms with Gasteiger partial charge in [-0.1, -0.05) is 30.3 Å². The lowest BCUT2D eigenvalue weighted by atomic mass is 9.77. The van der Waals surface area contributed by atoms with Crippen LogP contribution in [0.4, 0.5) is 0 Å². The van der Waals surface area contributed by atoms with Gasteiger partial charge >= 0.3 is 0 Å². The second kappa shape index (κ2) is 7.92. The third kappa shape index (κ3) is 3.69. The number of carbonyl (C=O) groups excluding carboxylic acids is 1. The van der Waals surface area contributed by atoms with Gasteiger partial charge in [-0.15, -0.1) is 0 Å². The summed E-state index contributed by atoms with van der Waals surface area (Å²) >= 11 is 0. The van der Waals surface area contributed by atoms with Crippen molar-refractivity contribution >= 4 is 11.5 Å². The lowest BCUT2D eigenvalue weighted by Gasteiger charge is -2.46. The molecule has 24 heavy (non-hydrogen) atoms. The minimum Gasteiger partial charge on any atom is -0.395 e. The summed E-state index contributed by atoms with van der Waals surface area (Å²) < 4.78 is 4.83. The van der Waals surface area contributed by atoms with Gasteiger partial charge in [0.1, 0.15) is 6.61 Å². The summed E-state index contributed by atoms with van der Waals surface area (Å²) in [5, 5.41) is 15.7. The number of amides is 1. The molecule has 3 atom stereocenters. The maximum Gasteiger partial charge on any atom is 0.246 e. The Morgan fingerprint density at radius 3 is 2.75 bits per heavy atom. The molecule has 0 spiro atoms. The van der Waals surface area contributed by atoms with E-state index in [4.69, 9.17) is 4.74 Å². The Morgan fingerprint density at radius 2 is 2.12 bits per heavy atom. The van der Waals surface area contributed by atoms with E-state index in [1.165, 1.54) is 36.7 Å². The third-order valence-corrected chi connectivity index (χ3v) is 4.99. The standard InChI is InChI=1S/C19H26N2O3/c1-24-12-18(23)20-10-16-19(17(11-22)21-16)15-8-6-14(7-9-15)13-4-2-3-5-13/h4,6-9,16-17,19,21-22H,2-3,5,10-12H2,1H3,(H,20,23)/t16-,17-,19-/m1/s1. The summed E-state index contributed by atoms with van der Waals surface area (Å²) in [6, 6.07) is 8.86. The van der Waals surface area contributed by atoms with Crippen molar-refractivity contribution in [1.82, 2.24) is 10.6 Å². The summed E-state index contributed by atoms with van der Waals surface area (Å²) in [5.41, 5.74) is 3.95. The number of carbonyl (C=O) groups is 1. The molecule has 1 aromatic carbocycles. The molecular weight excluding hydrogens is 304 g/mol. The van der Waals surface area contributed by atoms with Gasteiger partial charge in [0.25, 0.3) is 0 Å². The number of methoxy groups -OCH3 is 1. The predicted octanol–water partition coefficient (Wildman–Crippen LogP) is 1.43. The van der Waals surface area contributed by atoms with Crippen LogP contribution in [0.2, 0.25) is 0 Å². The molecule has 1 aliphatic carbocycles. The van der Waals surface area contributed by atoms with E-state index in [1.807, 2.05) is 0 Å². The number of hydrogen-bond donors (Lipinski definition) is 3. The topological polar surface area (TPSA) is 70.6 Å². The van der Waals surface area contributed by atoms with E-state index in [-0.39, 0.29) is 37.1 Å². The lowest BCUT2D eigenvalue weighted by Crippen LogP contribution is -2.64. The van der Waals surface area contributed by atoms with Crippen molar-refractivity contribution in [2.24, 2.45) is 0 Å². The highest BCUT2D eigenvalue weighted by molar-refractivity contribution is 5.77. The van der Waals surface area contributed by atoms with Crippen LogP contribution >= 0.6 is 0 Å². The second-order valence-corrected chi connectivity index (χ2v) is 6.57. The first-order chi connectivity index (χ1) is 11.7. The Bertz CT molecular complexity index is 597. The number of allylic oxidation sites excluding steroid dienone is 2. The molecule has 2 aliphatic rings. The van der Waals surface area contributed by atoms with Crippen molar-refractivity contribution in [3.63, 3.8) is 0 Å². The Kier molecular flexibility index (Phi) is 5.66. The van der Waals surface area contributed by atoms with Crippen molar-refractivity contribution in [2.75, 3.05) is 26.9 Å². The number of rotatable bonds is 7. The van der Waals surface area contributed by atoms with Crippen molar-refractivity contribution in [3.8, 4) is 0 Å². The molecule has 3 N–H and O–H groups in total. The number of benzene rings is 1. The van der Waals surface area contributed by atoms with Gasteiger partial charge in [-0.25, -0.2) is 0 Å². The molecule has 0 bridgehead atoms. The predicted molar refractivity (Wildman–Crippen MR) is 93.7 cm³/mol. The summed E-state index contributed by atoms with van der Waals surface area (Å²) in [6.07, 6.45) is 5.92. The fourth-order valence-electron chi connectivity index (χ4n) is 3.72. The second-order valence-electron chi connectivity index (χ2n) is 6.57. The van der Waals surface area contributed by atoms with Crippen LogP contribution in [0, 0.1) is 0 Å². The fraction of sp³-hybridized carbons (Fsp3) is 0.526. The zero-order chi connectivity index (χ0) is 16.9. The van der Waals surface area contributed by atoms with Crippen LogP contribution in [0.3, 0.4) is 0 Å². The number of nitrogens with one attached hydrogen (secondary N) is 2. The summed E-state index contributed by atoms with van der Waals surface area (Å²) in [5.74, 6) is 0.0958. The van der Waals surface area contributed by atoms with Crippen molar-refractivity contribution in [2.45, 2.75) is 37.3 Å². The van der Waals surface area contributed by atoms with Crippen LogP contribution in [0.5, 0.6) is 0 Å². The summed E-state index contributed by atoms with van der Waals surface area (Å²) in [7, 11) is 1.51. The van der Waals surface area contributed by atoms with E-state index in [0.29, 0.717) is 6.54 Å². The molecule has 5 nitrogen and oxygen atoms in total. The molecule has 0 aromatic heterocycles. The monoisotopic (exact) mass is 330 g/mol. The Labute approximate surface area is 143 Å². The third-order valence-electron chi connectivity index (χ3n) is 4.99. The molecule has 130 valence electrons. The van der Waals surface area contributed by atoms with Gasteiger partial charge in [-0.2, -0.15) is 0 Å². The van der Waals surface area contributed by atoms with E-state index >= 15 is 0 Å². The van der Waals surface area contributed by atoms with Gasteiger partial charge < -0.3 is 20.5 Å². The maximum absolute atomic E-state index is 11.6. The first kappa shape index (κ1) is 17.1. The fourth-order valence-corrected chi connectivity index (χ4v) is 3.72. The molecule has 1 heterocycles. The first-order valence-corrected chi connectivity index (χ1v) is 8.65. The molecule has 3 rings (SSSR count). The molecular formula is C19H26N2O3. The first-order valence-electron chi connectivity index (χ1n) is 8.65. The van der Waals surface area contributed by atoms with Gasteiger partial charge in [-0.3, -0.25) is 4.79 Å². The normalized spacial score (nSPS) is 25.9. The van der Waals surface area contributed by atoms with Crippen LogP contribution in [-0.2, 0) is 9.53 Å². The zero-order valence-electron chi connectivity index (χ0n) is 14.1. The smallest absolute Gasteiger partial charge is 0.246 e. The SMILES string of the molecule is COCC(=O)NC[C@H]1N[C@H](CO)[C@@H]1c1ccc(C2=CCCC2)cc1. The van der Waals surface area contributed by atoms with E-state index in [9.17, 15) is 9.90 Å². The number of ether oxygens (including phenoxy) is 1. The average molecular weight is 330 g/mol. The highest BCUT2D eigenvalue weighted by atomic mass is 16.5. The van der Waals surface area contributed by atoms with Crippen LogP contribution < -0.4 is 10.6 Å². The number of aliphatic hydroxyl groups is 1. The molecule has 1 aliphatic heterocycles. The largest absolute Gasteiger partial charge is 0.395 e. The molecule has 1 fully saturated rings. The van der Waals surface area contributed by atoms with Crippen molar-refractivity contribution < 1.29 is 14.6 Å². The van der Waals surface area contributed by atoms with Crippen LogP contribution in [0.15, 0.2) is 30.3 Å². The summed E-state index contributed by atoms with van der Waals surface area (Å²) in [4.78, 5) is 11.6. The Hall–Kier alpha value is -1.69. The van der Waals surface area contributed by atoms with E-state index < -0.39 is 0 Å². The molecule has 0 radical (unpaired) electrons. The quantitative estimate of drug-likeness (QED) is 0.707. The van der Waals surface area contributed by atoms with E-state index in [2.05, 4.69) is 41.0 Å². The molecule has 0 unspecified atom stereocenters. The van der Waals surface area contributed by atoms with Crippen LogP contribution in [0.25, 0.3) is 5.57 Å². The van der Waals surface area contributed by atoms with Gasteiger partial charge in [0.15, 0.2) is 0 Å². The maximum atomic E-state index is 11.6. The van der Waals surface area contributed by atoms with Crippen molar-refractivity contribution in [3.05, 3.63) is 41.5 Å². The van der Waals surface area contributed by atoms with Gasteiger partial charge in [0.05, 0.1) is 6.61 Å². The summed E-state index contributed by atoms with van der Waals surface area (Å²) in [6.45, 7) is 0.709. The highest BCUT2D eigenvalue weighted by Crippen LogP contribution is 2.34.